The van der Waals surface area contributed by atoms with Gasteiger partial charge in [0.05, 0.1) is 29.7 Å². The molecule has 2 saturated heterocycles. The van der Waals surface area contributed by atoms with Crippen LogP contribution >= 0.6 is 11.6 Å². The maximum atomic E-state index is 13.0. The average molecular weight is 741 g/mol. The molecule has 2 aromatic carbocycles. The minimum atomic E-state index is -0.973. The van der Waals surface area contributed by atoms with Gasteiger partial charge in [-0.3, -0.25) is 19.5 Å². The van der Waals surface area contributed by atoms with Crippen molar-refractivity contribution in [2.75, 3.05) is 32.8 Å². The molecule has 0 radical (unpaired) electrons. The number of carboxylic acids is 1. The van der Waals surface area contributed by atoms with Gasteiger partial charge in [0.15, 0.2) is 0 Å². The number of hydrogen-bond donors (Lipinski definition) is 2. The monoisotopic (exact) mass is 740 g/mol. The number of aromatic nitrogens is 1. The Morgan fingerprint density at radius 3 is 2.66 bits per heavy atom. The first-order valence-corrected chi connectivity index (χ1v) is 18.5. The van der Waals surface area contributed by atoms with E-state index in [1.807, 2.05) is 47.4 Å². The lowest BCUT2D eigenvalue weighted by atomic mass is 9.77. The first kappa shape index (κ1) is 38.0. The van der Waals surface area contributed by atoms with E-state index in [0.717, 1.165) is 24.0 Å². The molecule has 0 bridgehead atoms. The Labute approximate surface area is 315 Å². The summed E-state index contributed by atoms with van der Waals surface area (Å²) in [7, 11) is 0. The van der Waals surface area contributed by atoms with Crippen molar-refractivity contribution in [3.05, 3.63) is 106 Å². The summed E-state index contributed by atoms with van der Waals surface area (Å²) in [4.78, 5) is 32.9. The van der Waals surface area contributed by atoms with Crippen molar-refractivity contribution < 1.29 is 34.0 Å². The van der Waals surface area contributed by atoms with E-state index >= 15 is 0 Å². The number of carbonyl (C=O) groups is 2. The predicted octanol–water partition coefficient (Wildman–Crippen LogP) is 6.03. The van der Waals surface area contributed by atoms with Gasteiger partial charge >= 0.3 is 5.97 Å². The van der Waals surface area contributed by atoms with Crippen LogP contribution in [0.4, 0.5) is 0 Å². The summed E-state index contributed by atoms with van der Waals surface area (Å²) < 4.78 is 19.5. The van der Waals surface area contributed by atoms with E-state index in [2.05, 4.69) is 24.1 Å². The molecule has 278 valence electrons. The summed E-state index contributed by atoms with van der Waals surface area (Å²) in [5, 5.41) is 29.6. The van der Waals surface area contributed by atoms with Gasteiger partial charge in [-0.25, -0.2) is 0 Å². The Balaban J connectivity index is 1.26. The molecule has 0 spiro atoms. The predicted molar refractivity (Wildman–Crippen MR) is 199 cm³/mol. The second-order valence-electron chi connectivity index (χ2n) is 13.9. The third kappa shape index (κ3) is 9.26. The Hall–Kier alpha value is -4.73. The topological polar surface area (TPSA) is 145 Å². The van der Waals surface area contributed by atoms with Crippen molar-refractivity contribution in [1.82, 2.24) is 14.8 Å². The molecule has 6 rings (SSSR count). The molecule has 1 aliphatic carbocycles. The smallest absolute Gasteiger partial charge is 0.320 e. The van der Waals surface area contributed by atoms with Gasteiger partial charge < -0.3 is 29.3 Å². The number of carbonyl (C=O) groups excluding carboxylic acids is 1. The lowest BCUT2D eigenvalue weighted by Crippen LogP contribution is -2.46. The van der Waals surface area contributed by atoms with Crippen LogP contribution in [0.5, 0.6) is 11.5 Å². The van der Waals surface area contributed by atoms with Crippen LogP contribution in [0.1, 0.15) is 61.3 Å². The molecule has 4 atom stereocenters. The highest BCUT2D eigenvalue weighted by Gasteiger charge is 2.40. The second kappa shape index (κ2) is 17.4. The molecular weight excluding hydrogens is 696 g/mol. The summed E-state index contributed by atoms with van der Waals surface area (Å²) in [6, 6.07) is 16.7. The molecule has 3 heterocycles. The molecule has 0 saturated carbocycles. The van der Waals surface area contributed by atoms with Crippen LogP contribution in [-0.2, 0) is 27.5 Å². The van der Waals surface area contributed by atoms with Gasteiger partial charge in [-0.2, -0.15) is 5.26 Å². The number of allylic oxidation sites excluding steroid dienone is 2. The number of rotatable bonds is 14. The minimum Gasteiger partial charge on any atom is -0.489 e. The molecular formula is C41H45ClN4O7. The van der Waals surface area contributed by atoms with Crippen molar-refractivity contribution in [2.45, 2.75) is 69.9 Å². The highest BCUT2D eigenvalue weighted by Crippen LogP contribution is 2.41. The zero-order valence-corrected chi connectivity index (χ0v) is 30.6. The molecule has 2 aliphatic heterocycles. The van der Waals surface area contributed by atoms with Crippen LogP contribution in [0.3, 0.4) is 0 Å². The number of nitrogens with zero attached hydrogens (tertiary/aromatic N) is 4. The molecule has 12 heteroatoms. The standard InChI is InChI=1S/C41H45ClN4O7/c1-28-34(31-8-3-2-4-9-31)10-7-14-41(28,53-17-13-39(48)46-16-12-33(47)25-46)27-52-38-20-37(51-26-30-18-29(21-43)22-44-23-30)32(19-35(38)42)24-45-15-6-5-11-36(45)40(49)50/h2-4,7-10,14,18-20,22-23,28,33,36,47H,5-6,11-13,15-17,24-27H2,1H3,(H,49,50)/t28?,33-,36+,41?/m1/s1. The number of β-amino-alcohol motifs (C(OH)–C–C–N with tert-alkyl or cyclic N) is 1. The zero-order valence-electron chi connectivity index (χ0n) is 29.8. The van der Waals surface area contributed by atoms with E-state index in [9.17, 15) is 25.1 Å². The van der Waals surface area contributed by atoms with E-state index in [0.29, 0.717) is 72.2 Å². The number of piperidine rings is 1. The molecule has 2 N–H and O–H groups in total. The fourth-order valence-electron chi connectivity index (χ4n) is 7.29. The fraction of sp³-hybridized carbons (Fsp3) is 0.415. The number of hydrogen-bond acceptors (Lipinski definition) is 9. The van der Waals surface area contributed by atoms with E-state index in [-0.39, 0.29) is 38.1 Å². The maximum Gasteiger partial charge on any atom is 0.320 e. The number of halogens is 1. The minimum absolute atomic E-state index is 0.0608. The van der Waals surface area contributed by atoms with Crippen molar-refractivity contribution >= 4 is 29.1 Å². The lowest BCUT2D eigenvalue weighted by molar-refractivity contribution is -0.144. The molecule has 2 unspecified atom stereocenters. The van der Waals surface area contributed by atoms with E-state index < -0.39 is 23.7 Å². The number of benzene rings is 2. The zero-order chi connectivity index (χ0) is 37.4. The number of aliphatic carboxylic acids is 1. The van der Waals surface area contributed by atoms with Crippen molar-refractivity contribution in [3.63, 3.8) is 0 Å². The summed E-state index contributed by atoms with van der Waals surface area (Å²) in [5.74, 6) is -0.296. The van der Waals surface area contributed by atoms with Crippen molar-refractivity contribution in [1.29, 1.82) is 5.26 Å². The van der Waals surface area contributed by atoms with Crippen LogP contribution in [0.2, 0.25) is 5.02 Å². The molecule has 1 aromatic heterocycles. The van der Waals surface area contributed by atoms with Gasteiger partial charge in [0.1, 0.15) is 42.4 Å². The summed E-state index contributed by atoms with van der Waals surface area (Å²) in [6.45, 7) is 4.18. The van der Waals surface area contributed by atoms with E-state index in [1.165, 1.54) is 6.20 Å². The van der Waals surface area contributed by atoms with E-state index in [4.69, 9.17) is 25.8 Å². The fourth-order valence-corrected chi connectivity index (χ4v) is 7.53. The van der Waals surface area contributed by atoms with Crippen LogP contribution in [0.25, 0.3) is 5.57 Å². The molecule has 11 nitrogen and oxygen atoms in total. The Bertz CT molecular complexity index is 1880. The summed E-state index contributed by atoms with van der Waals surface area (Å²) in [6.07, 6.45) is 11.6. The van der Waals surface area contributed by atoms with Crippen LogP contribution in [-0.4, -0.2) is 87.5 Å². The third-order valence-electron chi connectivity index (χ3n) is 10.3. The molecule has 3 aromatic rings. The number of likely N-dealkylation sites (tertiary alicyclic amines) is 2. The van der Waals surface area contributed by atoms with Crippen LogP contribution < -0.4 is 9.47 Å². The molecule has 53 heavy (non-hydrogen) atoms. The number of pyridine rings is 1. The number of aliphatic hydroxyl groups is 1. The molecule has 3 aliphatic rings. The maximum absolute atomic E-state index is 13.0. The van der Waals surface area contributed by atoms with E-state index in [1.54, 1.807) is 29.3 Å². The van der Waals surface area contributed by atoms with Crippen LogP contribution in [0, 0.1) is 17.2 Å². The number of carboxylic acid groups (broad SMARTS) is 1. The quantitative estimate of drug-likeness (QED) is 0.201. The van der Waals surface area contributed by atoms with Crippen molar-refractivity contribution in [3.8, 4) is 17.6 Å². The first-order valence-electron chi connectivity index (χ1n) is 18.1. The normalized spacial score (nSPS) is 22.9. The Morgan fingerprint density at radius 1 is 1.08 bits per heavy atom. The van der Waals surface area contributed by atoms with Gasteiger partial charge in [0.2, 0.25) is 5.91 Å². The summed E-state index contributed by atoms with van der Waals surface area (Å²) in [5.41, 5.74) is 2.94. The number of ether oxygens (including phenoxy) is 3. The first-order chi connectivity index (χ1) is 25.7. The van der Waals surface area contributed by atoms with Crippen LogP contribution in [0.15, 0.2) is 79.2 Å². The number of amides is 1. The number of nitriles is 1. The van der Waals surface area contributed by atoms with Gasteiger partial charge in [0.25, 0.3) is 0 Å². The highest BCUT2D eigenvalue weighted by molar-refractivity contribution is 6.32. The summed E-state index contributed by atoms with van der Waals surface area (Å²) >= 11 is 6.93. The molecule has 2 fully saturated rings. The average Bonchev–Trinajstić information content (AvgIpc) is 3.61. The second-order valence-corrected chi connectivity index (χ2v) is 14.3. The lowest BCUT2D eigenvalue weighted by Gasteiger charge is -2.40. The Morgan fingerprint density at radius 2 is 1.91 bits per heavy atom. The van der Waals surface area contributed by atoms with Gasteiger partial charge in [-0.05, 0) is 55.2 Å². The molecule has 1 amide bonds. The SMILES string of the molecule is CC1C(c2ccccc2)=CC=CC1(COc1cc(OCc2cncc(C#N)c2)c(CN2CCCC[C@H]2C(=O)O)cc1Cl)OCCC(=O)N1CC[C@@H](O)C1. The number of aliphatic hydroxyl groups excluding tert-OH is 1. The largest absolute Gasteiger partial charge is 0.489 e. The third-order valence-corrected chi connectivity index (χ3v) is 10.6. The Kier molecular flexibility index (Phi) is 12.5. The van der Waals surface area contributed by atoms with Crippen molar-refractivity contribution in [2.24, 2.45) is 5.92 Å². The van der Waals surface area contributed by atoms with Gasteiger partial charge in [-0.15, -0.1) is 0 Å². The van der Waals surface area contributed by atoms with Gasteiger partial charge in [-0.1, -0.05) is 67.4 Å². The highest BCUT2D eigenvalue weighted by atomic mass is 35.5. The van der Waals surface area contributed by atoms with Gasteiger partial charge in [0, 0.05) is 55.1 Å².